The van der Waals surface area contributed by atoms with Crippen molar-refractivity contribution in [2.75, 3.05) is 24.7 Å². The van der Waals surface area contributed by atoms with Gasteiger partial charge in [0.05, 0.1) is 29.0 Å². The molecule has 0 unspecified atom stereocenters. The molecule has 0 aromatic heterocycles. The Morgan fingerprint density at radius 1 is 0.920 bits per heavy atom. The first-order valence-electron chi connectivity index (χ1n) is 7.96. The Kier molecular flexibility index (Phi) is 4.90. The molecule has 6 heteroatoms. The van der Waals surface area contributed by atoms with Crippen molar-refractivity contribution in [3.8, 4) is 0 Å². The van der Waals surface area contributed by atoms with Crippen molar-refractivity contribution < 1.29 is 23.9 Å². The Morgan fingerprint density at radius 3 is 2.08 bits per heavy atom. The molecule has 6 nitrogen and oxygen atoms in total. The molecule has 0 saturated heterocycles. The molecule has 0 fully saturated rings. The third-order valence-electron chi connectivity index (χ3n) is 3.82. The molecule has 0 saturated carbocycles. The van der Waals surface area contributed by atoms with E-state index in [4.69, 9.17) is 9.47 Å². The van der Waals surface area contributed by atoms with Crippen LogP contribution < -0.4 is 4.90 Å². The lowest BCUT2D eigenvalue weighted by molar-refractivity contribution is 0.0335. The number of imide groups is 1. The van der Waals surface area contributed by atoms with Gasteiger partial charge in [0.15, 0.2) is 0 Å². The summed E-state index contributed by atoms with van der Waals surface area (Å²) < 4.78 is 10.2. The SMILES string of the molecule is CCOCCOC(=O)c1ccc(N2C(=O)c3ccccc3C2=O)cc1. The highest BCUT2D eigenvalue weighted by atomic mass is 16.6. The molecule has 3 rings (SSSR count). The molecule has 0 radical (unpaired) electrons. The van der Waals surface area contributed by atoms with E-state index in [-0.39, 0.29) is 18.4 Å². The molecular weight excluding hydrogens is 322 g/mol. The molecule has 0 atom stereocenters. The number of rotatable bonds is 6. The van der Waals surface area contributed by atoms with Gasteiger partial charge in [-0.15, -0.1) is 0 Å². The van der Waals surface area contributed by atoms with E-state index >= 15 is 0 Å². The minimum absolute atomic E-state index is 0.173. The van der Waals surface area contributed by atoms with Gasteiger partial charge < -0.3 is 9.47 Å². The van der Waals surface area contributed by atoms with Gasteiger partial charge in [0.2, 0.25) is 0 Å². The normalized spacial score (nSPS) is 13.1. The topological polar surface area (TPSA) is 72.9 Å². The minimum Gasteiger partial charge on any atom is -0.460 e. The van der Waals surface area contributed by atoms with Crippen LogP contribution >= 0.6 is 0 Å². The fraction of sp³-hybridized carbons (Fsp3) is 0.211. The van der Waals surface area contributed by atoms with Crippen LogP contribution in [-0.2, 0) is 9.47 Å². The Hall–Kier alpha value is -2.99. The number of anilines is 1. The second-order valence-corrected chi connectivity index (χ2v) is 5.37. The maximum Gasteiger partial charge on any atom is 0.338 e. The lowest BCUT2D eigenvalue weighted by Crippen LogP contribution is -2.29. The second-order valence-electron chi connectivity index (χ2n) is 5.37. The Balaban J connectivity index is 1.72. The summed E-state index contributed by atoms with van der Waals surface area (Å²) in [5, 5.41) is 0. The number of fused-ring (bicyclic) bond motifs is 1. The van der Waals surface area contributed by atoms with Crippen LogP contribution in [0.2, 0.25) is 0 Å². The summed E-state index contributed by atoms with van der Waals surface area (Å²) in [4.78, 5) is 37.9. The Morgan fingerprint density at radius 2 is 1.52 bits per heavy atom. The average molecular weight is 339 g/mol. The van der Waals surface area contributed by atoms with Crippen LogP contribution in [0.15, 0.2) is 48.5 Å². The van der Waals surface area contributed by atoms with E-state index in [0.717, 1.165) is 4.90 Å². The number of ether oxygens (including phenoxy) is 2. The van der Waals surface area contributed by atoms with Crippen LogP contribution in [-0.4, -0.2) is 37.6 Å². The summed E-state index contributed by atoms with van der Waals surface area (Å²) in [5.74, 6) is -1.21. The summed E-state index contributed by atoms with van der Waals surface area (Å²) in [5.41, 5.74) is 1.52. The summed E-state index contributed by atoms with van der Waals surface area (Å²) in [6.45, 7) is 2.94. The van der Waals surface area contributed by atoms with Crippen molar-refractivity contribution in [3.05, 3.63) is 65.2 Å². The molecule has 2 amide bonds. The maximum absolute atomic E-state index is 12.4. The number of carbonyl (C=O) groups is 3. The fourth-order valence-electron chi connectivity index (χ4n) is 2.59. The van der Waals surface area contributed by atoms with Gasteiger partial charge in [-0.3, -0.25) is 9.59 Å². The highest BCUT2D eigenvalue weighted by Gasteiger charge is 2.36. The van der Waals surface area contributed by atoms with Crippen LogP contribution in [0.1, 0.15) is 38.0 Å². The molecule has 0 bridgehead atoms. The Bertz CT molecular complexity index is 778. The molecule has 2 aromatic carbocycles. The molecule has 2 aromatic rings. The number of esters is 1. The lowest BCUT2D eigenvalue weighted by Gasteiger charge is -2.14. The van der Waals surface area contributed by atoms with Gasteiger partial charge in [0.1, 0.15) is 6.61 Å². The molecule has 1 heterocycles. The number of hydrogen-bond acceptors (Lipinski definition) is 5. The predicted molar refractivity (Wildman–Crippen MR) is 90.8 cm³/mol. The van der Waals surface area contributed by atoms with Crippen LogP contribution in [0, 0.1) is 0 Å². The monoisotopic (exact) mass is 339 g/mol. The van der Waals surface area contributed by atoms with Gasteiger partial charge in [0, 0.05) is 6.61 Å². The second kappa shape index (κ2) is 7.27. The summed E-state index contributed by atoms with van der Waals surface area (Å²) in [6, 6.07) is 12.9. The highest BCUT2D eigenvalue weighted by Crippen LogP contribution is 2.28. The summed E-state index contributed by atoms with van der Waals surface area (Å²) in [7, 11) is 0. The first-order valence-corrected chi connectivity index (χ1v) is 7.96. The lowest BCUT2D eigenvalue weighted by atomic mass is 10.1. The first kappa shape index (κ1) is 16.9. The predicted octanol–water partition coefficient (Wildman–Crippen LogP) is 2.68. The van der Waals surface area contributed by atoms with Crippen LogP contribution in [0.5, 0.6) is 0 Å². The van der Waals surface area contributed by atoms with E-state index in [1.165, 1.54) is 12.1 Å². The maximum atomic E-state index is 12.4. The average Bonchev–Trinajstić information content (AvgIpc) is 2.90. The number of benzene rings is 2. The molecule has 0 spiro atoms. The quantitative estimate of drug-likeness (QED) is 0.460. The Labute approximate surface area is 145 Å². The van der Waals surface area contributed by atoms with E-state index in [0.29, 0.717) is 35.6 Å². The van der Waals surface area contributed by atoms with E-state index < -0.39 is 5.97 Å². The smallest absolute Gasteiger partial charge is 0.338 e. The van der Waals surface area contributed by atoms with Crippen LogP contribution in [0.3, 0.4) is 0 Å². The van der Waals surface area contributed by atoms with Gasteiger partial charge in [-0.1, -0.05) is 12.1 Å². The fourth-order valence-corrected chi connectivity index (χ4v) is 2.59. The zero-order valence-electron chi connectivity index (χ0n) is 13.7. The van der Waals surface area contributed by atoms with E-state index in [9.17, 15) is 14.4 Å². The largest absolute Gasteiger partial charge is 0.460 e. The number of carbonyl (C=O) groups excluding carboxylic acids is 3. The van der Waals surface area contributed by atoms with Gasteiger partial charge in [-0.25, -0.2) is 9.69 Å². The number of hydrogen-bond donors (Lipinski definition) is 0. The van der Waals surface area contributed by atoms with Gasteiger partial charge in [-0.05, 0) is 43.3 Å². The number of amides is 2. The zero-order valence-corrected chi connectivity index (χ0v) is 13.7. The van der Waals surface area contributed by atoms with Crippen LogP contribution in [0.4, 0.5) is 5.69 Å². The zero-order chi connectivity index (χ0) is 17.8. The molecule has 1 aliphatic heterocycles. The standard InChI is InChI=1S/C19H17NO5/c1-2-24-11-12-25-19(23)13-7-9-14(10-8-13)20-17(21)15-5-3-4-6-16(15)18(20)22/h3-10H,2,11-12H2,1H3. The third-order valence-corrected chi connectivity index (χ3v) is 3.82. The number of nitrogens with zero attached hydrogens (tertiary/aromatic N) is 1. The summed E-state index contributed by atoms with van der Waals surface area (Å²) >= 11 is 0. The third kappa shape index (κ3) is 3.29. The van der Waals surface area contributed by atoms with Crippen molar-refractivity contribution in [2.24, 2.45) is 0 Å². The van der Waals surface area contributed by atoms with Crippen molar-refractivity contribution in [1.29, 1.82) is 0 Å². The molecule has 25 heavy (non-hydrogen) atoms. The molecular formula is C19H17NO5. The van der Waals surface area contributed by atoms with Crippen molar-refractivity contribution >= 4 is 23.5 Å². The van der Waals surface area contributed by atoms with E-state index in [2.05, 4.69) is 0 Å². The minimum atomic E-state index is -0.478. The molecule has 128 valence electrons. The molecule has 0 aliphatic carbocycles. The first-order chi connectivity index (χ1) is 12.1. The van der Waals surface area contributed by atoms with Crippen LogP contribution in [0.25, 0.3) is 0 Å². The van der Waals surface area contributed by atoms with Crippen molar-refractivity contribution in [3.63, 3.8) is 0 Å². The van der Waals surface area contributed by atoms with E-state index in [1.807, 2.05) is 6.92 Å². The van der Waals surface area contributed by atoms with Crippen molar-refractivity contribution in [1.82, 2.24) is 0 Å². The van der Waals surface area contributed by atoms with Gasteiger partial charge >= 0.3 is 5.97 Å². The molecule has 1 aliphatic rings. The van der Waals surface area contributed by atoms with E-state index in [1.54, 1.807) is 36.4 Å². The highest BCUT2D eigenvalue weighted by molar-refractivity contribution is 6.34. The molecule has 0 N–H and O–H groups in total. The summed E-state index contributed by atoms with van der Waals surface area (Å²) in [6.07, 6.45) is 0. The van der Waals surface area contributed by atoms with Gasteiger partial charge in [0.25, 0.3) is 11.8 Å². The van der Waals surface area contributed by atoms with Crippen molar-refractivity contribution in [2.45, 2.75) is 6.92 Å². The van der Waals surface area contributed by atoms with Gasteiger partial charge in [-0.2, -0.15) is 0 Å².